The average Bonchev–Trinajstić information content (AvgIpc) is 2.98. The molecule has 1 saturated heterocycles. The maximum absolute atomic E-state index is 5.48. The Hall–Kier alpha value is -2.43. The Bertz CT molecular complexity index is 872. The van der Waals surface area contributed by atoms with Crippen LogP contribution in [-0.2, 0) is 0 Å². The van der Waals surface area contributed by atoms with E-state index in [2.05, 4.69) is 52.7 Å². The predicted molar refractivity (Wildman–Crippen MR) is 106 cm³/mol. The lowest BCUT2D eigenvalue weighted by Gasteiger charge is -2.31. The highest BCUT2D eigenvalue weighted by Gasteiger charge is 2.24. The van der Waals surface area contributed by atoms with Crippen molar-refractivity contribution in [1.29, 1.82) is 0 Å². The minimum absolute atomic E-state index is 0.183. The van der Waals surface area contributed by atoms with E-state index in [4.69, 9.17) is 9.72 Å². The Morgan fingerprint density at radius 2 is 1.92 bits per heavy atom. The normalized spacial score (nSPS) is 17.0. The maximum Gasteiger partial charge on any atom is 0.119 e. The highest BCUT2D eigenvalue weighted by Crippen LogP contribution is 2.32. The minimum Gasteiger partial charge on any atom is -0.497 e. The van der Waals surface area contributed by atoms with Gasteiger partial charge in [-0.3, -0.25) is 9.88 Å². The third-order valence-corrected chi connectivity index (χ3v) is 5.08. The van der Waals surface area contributed by atoms with Gasteiger partial charge in [-0.2, -0.15) is 0 Å². The van der Waals surface area contributed by atoms with Crippen molar-refractivity contribution in [3.63, 3.8) is 0 Å². The molecule has 1 N–H and O–H groups in total. The van der Waals surface area contributed by atoms with Crippen LogP contribution in [0.2, 0.25) is 0 Å². The SMILES string of the molecule is COc1cccc(C(c2cnc3ccccc3c2)N2CCCNCC2)c1. The molecule has 0 radical (unpaired) electrons. The van der Waals surface area contributed by atoms with E-state index in [1.807, 2.05) is 18.3 Å². The monoisotopic (exact) mass is 347 g/mol. The molecule has 0 saturated carbocycles. The molecule has 2 heterocycles. The number of nitrogens with one attached hydrogen (secondary N) is 1. The summed E-state index contributed by atoms with van der Waals surface area (Å²) in [5.41, 5.74) is 3.53. The van der Waals surface area contributed by atoms with E-state index in [-0.39, 0.29) is 6.04 Å². The van der Waals surface area contributed by atoms with E-state index in [9.17, 15) is 0 Å². The average molecular weight is 347 g/mol. The zero-order chi connectivity index (χ0) is 17.8. The third-order valence-electron chi connectivity index (χ3n) is 5.08. The zero-order valence-electron chi connectivity index (χ0n) is 15.2. The molecule has 4 heteroatoms. The fourth-order valence-electron chi connectivity index (χ4n) is 3.79. The molecule has 1 unspecified atom stereocenters. The van der Waals surface area contributed by atoms with Crippen LogP contribution in [0.5, 0.6) is 5.75 Å². The molecular weight excluding hydrogens is 322 g/mol. The summed E-state index contributed by atoms with van der Waals surface area (Å²) in [6.45, 7) is 4.19. The van der Waals surface area contributed by atoms with Gasteiger partial charge in [0, 0.05) is 31.2 Å². The highest BCUT2D eigenvalue weighted by atomic mass is 16.5. The second-order valence-electron chi connectivity index (χ2n) is 6.78. The molecule has 1 fully saturated rings. The highest BCUT2D eigenvalue weighted by molar-refractivity contribution is 5.79. The number of para-hydroxylation sites is 1. The number of methoxy groups -OCH3 is 1. The Morgan fingerprint density at radius 1 is 1.00 bits per heavy atom. The smallest absolute Gasteiger partial charge is 0.119 e. The van der Waals surface area contributed by atoms with Crippen LogP contribution < -0.4 is 10.1 Å². The van der Waals surface area contributed by atoms with E-state index in [1.54, 1.807) is 7.11 Å². The molecule has 0 amide bonds. The van der Waals surface area contributed by atoms with Gasteiger partial charge < -0.3 is 10.1 Å². The van der Waals surface area contributed by atoms with Gasteiger partial charge in [-0.15, -0.1) is 0 Å². The van der Waals surface area contributed by atoms with Crippen LogP contribution in [0.1, 0.15) is 23.6 Å². The number of ether oxygens (including phenoxy) is 1. The fraction of sp³-hybridized carbons (Fsp3) is 0.318. The van der Waals surface area contributed by atoms with Gasteiger partial charge >= 0.3 is 0 Å². The summed E-state index contributed by atoms with van der Waals surface area (Å²) < 4.78 is 5.48. The molecule has 1 aromatic heterocycles. The first-order chi connectivity index (χ1) is 12.8. The summed E-state index contributed by atoms with van der Waals surface area (Å²) in [6, 6.07) is 19.2. The van der Waals surface area contributed by atoms with Gasteiger partial charge in [0.05, 0.1) is 18.7 Å². The minimum atomic E-state index is 0.183. The molecule has 1 aliphatic rings. The van der Waals surface area contributed by atoms with Gasteiger partial charge in [0.25, 0.3) is 0 Å². The van der Waals surface area contributed by atoms with Crippen molar-refractivity contribution in [3.05, 3.63) is 71.9 Å². The van der Waals surface area contributed by atoms with Crippen molar-refractivity contribution in [2.75, 3.05) is 33.3 Å². The zero-order valence-corrected chi connectivity index (χ0v) is 15.2. The first-order valence-corrected chi connectivity index (χ1v) is 9.28. The van der Waals surface area contributed by atoms with Gasteiger partial charge in [0.2, 0.25) is 0 Å². The number of hydrogen-bond acceptors (Lipinski definition) is 4. The van der Waals surface area contributed by atoms with Crippen molar-refractivity contribution in [1.82, 2.24) is 15.2 Å². The van der Waals surface area contributed by atoms with Crippen molar-refractivity contribution < 1.29 is 4.74 Å². The molecule has 4 nitrogen and oxygen atoms in total. The Labute approximate surface area is 154 Å². The molecule has 1 aliphatic heterocycles. The van der Waals surface area contributed by atoms with Crippen LogP contribution in [0, 0.1) is 0 Å². The fourth-order valence-corrected chi connectivity index (χ4v) is 3.79. The van der Waals surface area contributed by atoms with E-state index in [0.29, 0.717) is 0 Å². The van der Waals surface area contributed by atoms with Crippen molar-refractivity contribution in [2.45, 2.75) is 12.5 Å². The van der Waals surface area contributed by atoms with Gasteiger partial charge in [-0.25, -0.2) is 0 Å². The van der Waals surface area contributed by atoms with Gasteiger partial charge in [0.1, 0.15) is 5.75 Å². The molecule has 0 spiro atoms. The molecule has 3 aromatic rings. The second-order valence-corrected chi connectivity index (χ2v) is 6.78. The molecule has 2 aromatic carbocycles. The third kappa shape index (κ3) is 3.57. The predicted octanol–water partition coefficient (Wildman–Crippen LogP) is 3.63. The summed E-state index contributed by atoms with van der Waals surface area (Å²) >= 11 is 0. The van der Waals surface area contributed by atoms with E-state index < -0.39 is 0 Å². The molecular formula is C22H25N3O. The topological polar surface area (TPSA) is 37.4 Å². The number of hydrogen-bond donors (Lipinski definition) is 1. The van der Waals surface area contributed by atoms with Crippen LogP contribution in [0.25, 0.3) is 10.9 Å². The van der Waals surface area contributed by atoms with Crippen LogP contribution in [-0.4, -0.2) is 43.2 Å². The van der Waals surface area contributed by atoms with Gasteiger partial charge in [0.15, 0.2) is 0 Å². The lowest BCUT2D eigenvalue weighted by atomic mass is 9.96. The maximum atomic E-state index is 5.48. The molecule has 134 valence electrons. The summed E-state index contributed by atoms with van der Waals surface area (Å²) in [4.78, 5) is 7.27. The molecule has 4 rings (SSSR count). The number of nitrogens with zero attached hydrogens (tertiary/aromatic N) is 2. The lowest BCUT2D eigenvalue weighted by Crippen LogP contribution is -2.33. The Morgan fingerprint density at radius 3 is 2.85 bits per heavy atom. The van der Waals surface area contributed by atoms with Crippen molar-refractivity contribution in [2.24, 2.45) is 0 Å². The Balaban J connectivity index is 1.79. The largest absolute Gasteiger partial charge is 0.497 e. The van der Waals surface area contributed by atoms with Crippen molar-refractivity contribution in [3.8, 4) is 5.75 Å². The number of benzene rings is 2. The molecule has 0 aliphatic carbocycles. The van der Waals surface area contributed by atoms with Crippen LogP contribution >= 0.6 is 0 Å². The lowest BCUT2D eigenvalue weighted by molar-refractivity contribution is 0.240. The van der Waals surface area contributed by atoms with E-state index >= 15 is 0 Å². The molecule has 1 atom stereocenters. The standard InChI is InChI=1S/C22H25N3O/c1-26-20-8-4-7-18(15-20)22(25-12-5-10-23-11-13-25)19-14-17-6-2-3-9-21(17)24-16-19/h2-4,6-9,14-16,22-23H,5,10-13H2,1H3. The Kier molecular flexibility index (Phi) is 5.14. The summed E-state index contributed by atoms with van der Waals surface area (Å²) in [7, 11) is 1.72. The number of aromatic nitrogens is 1. The van der Waals surface area contributed by atoms with Gasteiger partial charge in [-0.05, 0) is 48.4 Å². The molecule has 0 bridgehead atoms. The summed E-state index contributed by atoms with van der Waals surface area (Å²) in [6.07, 6.45) is 3.19. The number of fused-ring (bicyclic) bond motifs is 1. The van der Waals surface area contributed by atoms with Gasteiger partial charge in [-0.1, -0.05) is 30.3 Å². The van der Waals surface area contributed by atoms with Crippen LogP contribution in [0.3, 0.4) is 0 Å². The summed E-state index contributed by atoms with van der Waals surface area (Å²) in [5.74, 6) is 0.897. The quantitative estimate of drug-likeness (QED) is 0.782. The summed E-state index contributed by atoms with van der Waals surface area (Å²) in [5, 5.41) is 4.69. The second kappa shape index (κ2) is 7.85. The van der Waals surface area contributed by atoms with Crippen LogP contribution in [0.15, 0.2) is 60.8 Å². The van der Waals surface area contributed by atoms with E-state index in [1.165, 1.54) is 16.5 Å². The van der Waals surface area contributed by atoms with Crippen LogP contribution in [0.4, 0.5) is 0 Å². The molecule has 26 heavy (non-hydrogen) atoms. The van der Waals surface area contributed by atoms with Crippen molar-refractivity contribution >= 4 is 10.9 Å². The number of pyridine rings is 1. The number of rotatable bonds is 4. The first kappa shape index (κ1) is 17.0. The first-order valence-electron chi connectivity index (χ1n) is 9.28. The van der Waals surface area contributed by atoms with E-state index in [0.717, 1.165) is 43.9 Å².